The lowest BCUT2D eigenvalue weighted by Crippen LogP contribution is -2.02. The summed E-state index contributed by atoms with van der Waals surface area (Å²) < 4.78 is 0. The Morgan fingerprint density at radius 2 is 2.05 bits per heavy atom. The van der Waals surface area contributed by atoms with Crippen LogP contribution >= 0.6 is 11.8 Å². The minimum Gasteiger partial charge on any atom is -0.287 e. The molecule has 2 rings (SSSR count). The van der Waals surface area contributed by atoms with Crippen molar-refractivity contribution in [3.63, 3.8) is 0 Å². The van der Waals surface area contributed by atoms with Crippen molar-refractivity contribution in [3.05, 3.63) is 52.6 Å². The Morgan fingerprint density at radius 3 is 2.60 bits per heavy atom. The molecule has 3 nitrogen and oxygen atoms in total. The molecule has 1 aliphatic rings. The molecule has 0 heterocycles. The molecule has 0 saturated heterocycles. The summed E-state index contributed by atoms with van der Waals surface area (Å²) in [5, 5.41) is 9.18. The molecule has 20 heavy (non-hydrogen) atoms. The number of nitrogens with zero attached hydrogens (tertiary/aromatic N) is 2. The van der Waals surface area contributed by atoms with Crippen LogP contribution in [-0.4, -0.2) is 17.2 Å². The number of carbonyl (C=O) groups is 1. The van der Waals surface area contributed by atoms with E-state index in [-0.39, 0.29) is 11.5 Å². The summed E-state index contributed by atoms with van der Waals surface area (Å²) >= 11 is 1.45. The molecular weight excluding hydrogens is 268 g/mol. The van der Waals surface area contributed by atoms with Gasteiger partial charge in [0.05, 0.1) is 0 Å². The summed E-state index contributed by atoms with van der Waals surface area (Å²) in [6.07, 6.45) is 0. The van der Waals surface area contributed by atoms with Gasteiger partial charge in [0, 0.05) is 10.5 Å². The van der Waals surface area contributed by atoms with E-state index in [0.29, 0.717) is 16.2 Å². The average Bonchev–Trinajstić information content (AvgIpc) is 2.69. The molecule has 0 spiro atoms. The number of fused-ring (bicyclic) bond motifs is 1. The number of hydrogen-bond acceptors (Lipinski definition) is 4. The molecule has 1 aromatic carbocycles. The molecule has 4 heteroatoms. The normalized spacial score (nSPS) is 14.2. The van der Waals surface area contributed by atoms with E-state index in [1.54, 1.807) is 6.07 Å². The lowest BCUT2D eigenvalue weighted by atomic mass is 10.1. The summed E-state index contributed by atoms with van der Waals surface area (Å²) in [5.41, 5.74) is 2.91. The van der Waals surface area contributed by atoms with Crippen LogP contribution in [0.3, 0.4) is 0 Å². The molecule has 0 atom stereocenters. The quantitative estimate of drug-likeness (QED) is 0.788. The molecule has 0 fully saturated rings. The SMILES string of the molecule is C=C(SCC)/C(C#N)=N\C1=C(C)c2ccccc2C1=O. The van der Waals surface area contributed by atoms with Crippen LogP contribution in [0.25, 0.3) is 5.57 Å². The Morgan fingerprint density at radius 1 is 1.40 bits per heavy atom. The molecule has 1 aliphatic carbocycles. The van der Waals surface area contributed by atoms with E-state index >= 15 is 0 Å². The van der Waals surface area contributed by atoms with Gasteiger partial charge in [-0.15, -0.1) is 11.8 Å². The van der Waals surface area contributed by atoms with Crippen molar-refractivity contribution in [1.29, 1.82) is 5.26 Å². The maximum Gasteiger partial charge on any atom is 0.212 e. The fourth-order valence-electron chi connectivity index (χ4n) is 2.07. The Balaban J connectivity index is 2.45. The molecule has 0 N–H and O–H groups in total. The van der Waals surface area contributed by atoms with Crippen molar-refractivity contribution >= 4 is 28.8 Å². The molecule has 1 aromatic rings. The molecule has 0 bridgehead atoms. The first-order chi connectivity index (χ1) is 9.60. The number of Topliss-reactive ketones (excluding diaryl/α,β-unsaturated/α-hetero) is 1. The van der Waals surface area contributed by atoms with E-state index in [1.807, 2.05) is 38.1 Å². The maximum atomic E-state index is 12.3. The largest absolute Gasteiger partial charge is 0.287 e. The summed E-state index contributed by atoms with van der Waals surface area (Å²) in [7, 11) is 0. The first kappa shape index (κ1) is 14.3. The lowest BCUT2D eigenvalue weighted by molar-refractivity contribution is 0.103. The molecule has 0 unspecified atom stereocenters. The molecule has 0 saturated carbocycles. The van der Waals surface area contributed by atoms with E-state index < -0.39 is 0 Å². The fraction of sp³-hybridized carbons (Fsp3) is 0.188. The number of allylic oxidation sites excluding steroid dienone is 3. The Kier molecular flexibility index (Phi) is 4.21. The summed E-state index contributed by atoms with van der Waals surface area (Å²) in [4.78, 5) is 17.2. The topological polar surface area (TPSA) is 53.2 Å². The lowest BCUT2D eigenvalue weighted by Gasteiger charge is -2.01. The molecule has 0 aromatic heterocycles. The molecular formula is C16H14N2OS. The number of nitriles is 1. The number of thioether (sulfide) groups is 1. The van der Waals surface area contributed by atoms with Gasteiger partial charge < -0.3 is 0 Å². The number of rotatable bonds is 4. The second-order valence-corrected chi connectivity index (χ2v) is 5.64. The van der Waals surface area contributed by atoms with Crippen LogP contribution in [-0.2, 0) is 0 Å². The third kappa shape index (κ3) is 2.45. The minimum absolute atomic E-state index is 0.125. The standard InChI is InChI=1S/C16H14N2OS/c1-4-20-11(3)14(9-17)18-15-10(2)12-7-5-6-8-13(12)16(15)19/h5-8H,3-4H2,1-2H3/b18-14-. The first-order valence-electron chi connectivity index (χ1n) is 6.26. The fourth-order valence-corrected chi connectivity index (χ4v) is 2.65. The summed E-state index contributed by atoms with van der Waals surface area (Å²) in [6, 6.07) is 9.42. The number of benzene rings is 1. The van der Waals surface area contributed by atoms with Gasteiger partial charge in [0.15, 0.2) is 5.71 Å². The van der Waals surface area contributed by atoms with Crippen molar-refractivity contribution in [1.82, 2.24) is 0 Å². The van der Waals surface area contributed by atoms with E-state index in [2.05, 4.69) is 11.6 Å². The van der Waals surface area contributed by atoms with Crippen molar-refractivity contribution in [2.24, 2.45) is 4.99 Å². The van der Waals surface area contributed by atoms with Gasteiger partial charge in [0.2, 0.25) is 5.78 Å². The third-order valence-corrected chi connectivity index (χ3v) is 3.89. The number of carbonyl (C=O) groups excluding carboxylic acids is 1. The zero-order valence-electron chi connectivity index (χ0n) is 11.4. The maximum absolute atomic E-state index is 12.3. The van der Waals surface area contributed by atoms with Gasteiger partial charge in [-0.2, -0.15) is 5.26 Å². The molecule has 0 radical (unpaired) electrons. The number of ketones is 1. The van der Waals surface area contributed by atoms with Crippen LogP contribution in [0, 0.1) is 11.3 Å². The van der Waals surface area contributed by atoms with Gasteiger partial charge in [0.25, 0.3) is 0 Å². The van der Waals surface area contributed by atoms with Gasteiger partial charge in [-0.25, -0.2) is 4.99 Å². The van der Waals surface area contributed by atoms with Crippen molar-refractivity contribution in [2.45, 2.75) is 13.8 Å². The van der Waals surface area contributed by atoms with Crippen LogP contribution in [0.15, 0.2) is 46.4 Å². The smallest absolute Gasteiger partial charge is 0.212 e. The third-order valence-electron chi connectivity index (χ3n) is 3.06. The van der Waals surface area contributed by atoms with Crippen LogP contribution < -0.4 is 0 Å². The van der Waals surface area contributed by atoms with Gasteiger partial charge in [0.1, 0.15) is 11.8 Å². The first-order valence-corrected chi connectivity index (χ1v) is 7.24. The summed E-state index contributed by atoms with van der Waals surface area (Å²) in [5.74, 6) is 0.686. The van der Waals surface area contributed by atoms with E-state index in [1.165, 1.54) is 11.8 Å². The molecule has 0 aliphatic heterocycles. The second kappa shape index (κ2) is 5.89. The van der Waals surface area contributed by atoms with Gasteiger partial charge >= 0.3 is 0 Å². The highest BCUT2D eigenvalue weighted by molar-refractivity contribution is 8.04. The van der Waals surface area contributed by atoms with Crippen LogP contribution in [0.1, 0.15) is 29.8 Å². The zero-order chi connectivity index (χ0) is 14.7. The molecule has 0 amide bonds. The van der Waals surface area contributed by atoms with Crippen molar-refractivity contribution < 1.29 is 4.79 Å². The molecule has 100 valence electrons. The highest BCUT2D eigenvalue weighted by atomic mass is 32.2. The zero-order valence-corrected chi connectivity index (χ0v) is 12.3. The highest BCUT2D eigenvalue weighted by Gasteiger charge is 2.27. The second-order valence-electron chi connectivity index (χ2n) is 4.28. The Bertz CT molecular complexity index is 693. The van der Waals surface area contributed by atoms with Gasteiger partial charge in [-0.05, 0) is 23.8 Å². The van der Waals surface area contributed by atoms with Crippen LogP contribution in [0.4, 0.5) is 0 Å². The van der Waals surface area contributed by atoms with Crippen LogP contribution in [0.2, 0.25) is 0 Å². The van der Waals surface area contributed by atoms with E-state index in [4.69, 9.17) is 0 Å². The van der Waals surface area contributed by atoms with Crippen molar-refractivity contribution in [2.75, 3.05) is 5.75 Å². The minimum atomic E-state index is -0.125. The highest BCUT2D eigenvalue weighted by Crippen LogP contribution is 2.33. The summed E-state index contributed by atoms with van der Waals surface area (Å²) in [6.45, 7) is 7.67. The monoisotopic (exact) mass is 282 g/mol. The predicted molar refractivity (Wildman–Crippen MR) is 83.7 cm³/mol. The van der Waals surface area contributed by atoms with Crippen molar-refractivity contribution in [3.8, 4) is 6.07 Å². The predicted octanol–water partition coefficient (Wildman–Crippen LogP) is 3.85. The van der Waals surface area contributed by atoms with Crippen LogP contribution in [0.5, 0.6) is 0 Å². The van der Waals surface area contributed by atoms with E-state index in [0.717, 1.165) is 16.9 Å². The number of hydrogen-bond donors (Lipinski definition) is 0. The van der Waals surface area contributed by atoms with Gasteiger partial charge in [-0.3, -0.25) is 4.79 Å². The number of aliphatic imine (C=N–C) groups is 1. The van der Waals surface area contributed by atoms with E-state index in [9.17, 15) is 10.1 Å². The average molecular weight is 282 g/mol. The Labute approximate surface area is 122 Å². The van der Waals surface area contributed by atoms with Gasteiger partial charge in [-0.1, -0.05) is 37.8 Å². The Hall–Kier alpha value is -2.12.